The van der Waals surface area contributed by atoms with Gasteiger partial charge in [0.25, 0.3) is 0 Å². The molecule has 47 heavy (non-hydrogen) atoms. The maximum Gasteiger partial charge on any atom is 0.0165 e. The first kappa shape index (κ1) is 26.5. The van der Waals surface area contributed by atoms with Gasteiger partial charge in [-0.25, -0.2) is 0 Å². The molecule has 0 unspecified atom stereocenters. The third-order valence-electron chi connectivity index (χ3n) is 10.8. The predicted molar refractivity (Wildman–Crippen MR) is 202 cm³/mol. The lowest BCUT2D eigenvalue weighted by atomic mass is 9.79. The van der Waals surface area contributed by atoms with E-state index in [1.54, 1.807) is 0 Å². The van der Waals surface area contributed by atoms with Crippen molar-refractivity contribution >= 4 is 43.1 Å². The molecule has 0 fully saturated rings. The Hall–Kier alpha value is -5.72. The normalized spacial score (nSPS) is 13.5. The molecule has 0 radical (unpaired) electrons. The van der Waals surface area contributed by atoms with Gasteiger partial charge in [-0.15, -0.1) is 0 Å². The summed E-state index contributed by atoms with van der Waals surface area (Å²) in [6, 6.07) is 59.0. The van der Waals surface area contributed by atoms with Gasteiger partial charge in [-0.1, -0.05) is 147 Å². The van der Waals surface area contributed by atoms with Crippen molar-refractivity contribution in [1.29, 1.82) is 0 Å². The molecular weight excluding hydrogens is 565 g/mol. The molecule has 0 aliphatic heterocycles. The smallest absolute Gasteiger partial charge is 0.0165 e. The van der Waals surface area contributed by atoms with Gasteiger partial charge < -0.3 is 0 Å². The van der Waals surface area contributed by atoms with Crippen LogP contribution in [0.15, 0.2) is 158 Å². The summed E-state index contributed by atoms with van der Waals surface area (Å²) in [4.78, 5) is 0. The Balaban J connectivity index is 1.20. The summed E-state index contributed by atoms with van der Waals surface area (Å²) >= 11 is 0. The molecule has 1 aliphatic rings. The van der Waals surface area contributed by atoms with E-state index in [1.807, 2.05) is 0 Å². The highest BCUT2D eigenvalue weighted by Crippen LogP contribution is 2.52. The first-order valence-electron chi connectivity index (χ1n) is 16.6. The Morgan fingerprint density at radius 3 is 1.77 bits per heavy atom. The Morgan fingerprint density at radius 2 is 0.936 bits per heavy atom. The van der Waals surface area contributed by atoms with Crippen LogP contribution in [0.5, 0.6) is 0 Å². The van der Waals surface area contributed by atoms with Crippen LogP contribution < -0.4 is 0 Å². The van der Waals surface area contributed by atoms with E-state index in [0.717, 1.165) is 0 Å². The number of hydrogen-bond donors (Lipinski definition) is 0. The van der Waals surface area contributed by atoms with Gasteiger partial charge in [-0.2, -0.15) is 0 Å². The molecule has 1 aliphatic carbocycles. The van der Waals surface area contributed by atoms with Gasteiger partial charge in [0.1, 0.15) is 0 Å². The topological polar surface area (TPSA) is 0 Å². The SMILES string of the molecule is CC1(C)c2cc(-c3cc(-c4ccccc4)cc(-c4ccc5ccc6cccc7ccc4c5c67)c3)ccc2-c2ccc3ccccc3c21. The van der Waals surface area contributed by atoms with Crippen LogP contribution in [0.2, 0.25) is 0 Å². The second-order valence-corrected chi connectivity index (χ2v) is 13.7. The van der Waals surface area contributed by atoms with Crippen LogP contribution in [0.3, 0.4) is 0 Å². The summed E-state index contributed by atoms with van der Waals surface area (Å²) < 4.78 is 0. The summed E-state index contributed by atoms with van der Waals surface area (Å²) in [6.07, 6.45) is 0. The average Bonchev–Trinajstić information content (AvgIpc) is 3.36. The number of fused-ring (bicyclic) bond motifs is 5. The van der Waals surface area contributed by atoms with E-state index in [2.05, 4.69) is 172 Å². The molecule has 220 valence electrons. The van der Waals surface area contributed by atoms with Crippen molar-refractivity contribution in [2.45, 2.75) is 19.3 Å². The van der Waals surface area contributed by atoms with E-state index in [0.29, 0.717) is 0 Å². The molecule has 0 N–H and O–H groups in total. The molecule has 0 atom stereocenters. The van der Waals surface area contributed by atoms with Gasteiger partial charge >= 0.3 is 0 Å². The number of rotatable bonds is 3. The van der Waals surface area contributed by atoms with Crippen LogP contribution in [0, 0.1) is 0 Å². The minimum atomic E-state index is -0.104. The zero-order valence-corrected chi connectivity index (χ0v) is 26.5. The quantitative estimate of drug-likeness (QED) is 0.178. The lowest BCUT2D eigenvalue weighted by molar-refractivity contribution is 0.666. The fourth-order valence-electron chi connectivity index (χ4n) is 8.51. The Kier molecular flexibility index (Phi) is 5.44. The van der Waals surface area contributed by atoms with Gasteiger partial charge in [-0.05, 0) is 123 Å². The predicted octanol–water partition coefficient (Wildman–Crippen LogP) is 13.0. The van der Waals surface area contributed by atoms with Crippen molar-refractivity contribution in [2.24, 2.45) is 0 Å². The van der Waals surface area contributed by atoms with E-state index in [4.69, 9.17) is 0 Å². The van der Waals surface area contributed by atoms with Crippen LogP contribution in [-0.4, -0.2) is 0 Å². The Labute approximate surface area is 274 Å². The van der Waals surface area contributed by atoms with Gasteiger partial charge in [-0.3, -0.25) is 0 Å². The first-order valence-corrected chi connectivity index (χ1v) is 16.6. The Morgan fingerprint density at radius 1 is 0.340 bits per heavy atom. The maximum absolute atomic E-state index is 2.46. The molecule has 0 aromatic heterocycles. The standard InChI is InChI=1S/C47H32/c1-47(2)43-28-34(20-22-40(43)42-24-17-30-11-6-7-14-39(30)46(42)47)36-25-35(29-9-4-3-5-10-29)26-37(27-36)38-21-18-33-16-15-31-12-8-13-32-19-23-41(38)45(33)44(31)32/h3-28H,1-2H3. The van der Waals surface area contributed by atoms with Crippen molar-refractivity contribution in [1.82, 2.24) is 0 Å². The number of hydrogen-bond acceptors (Lipinski definition) is 0. The maximum atomic E-state index is 2.46. The highest BCUT2D eigenvalue weighted by Gasteiger charge is 2.37. The van der Waals surface area contributed by atoms with Gasteiger partial charge in [0.15, 0.2) is 0 Å². The zero-order valence-electron chi connectivity index (χ0n) is 26.5. The highest BCUT2D eigenvalue weighted by atomic mass is 14.4. The largest absolute Gasteiger partial charge is 0.0622 e. The third kappa shape index (κ3) is 3.82. The second kappa shape index (κ2) is 9.64. The van der Waals surface area contributed by atoms with E-state index in [9.17, 15) is 0 Å². The molecular formula is C47H32. The third-order valence-corrected chi connectivity index (χ3v) is 10.8. The molecule has 0 heteroatoms. The minimum absolute atomic E-state index is 0.104. The van der Waals surface area contributed by atoms with Crippen molar-refractivity contribution in [2.75, 3.05) is 0 Å². The van der Waals surface area contributed by atoms with Crippen LogP contribution >= 0.6 is 0 Å². The minimum Gasteiger partial charge on any atom is -0.0622 e. The lowest BCUT2D eigenvalue weighted by Gasteiger charge is -2.24. The molecule has 0 nitrogen and oxygen atoms in total. The van der Waals surface area contributed by atoms with Crippen LogP contribution in [0.4, 0.5) is 0 Å². The first-order chi connectivity index (χ1) is 23.0. The monoisotopic (exact) mass is 596 g/mol. The van der Waals surface area contributed by atoms with E-state index >= 15 is 0 Å². The molecule has 9 aromatic carbocycles. The lowest BCUT2D eigenvalue weighted by Crippen LogP contribution is -2.15. The Bertz CT molecular complexity index is 2670. The van der Waals surface area contributed by atoms with Crippen molar-refractivity contribution in [3.05, 3.63) is 169 Å². The zero-order chi connectivity index (χ0) is 31.3. The summed E-state index contributed by atoms with van der Waals surface area (Å²) in [7, 11) is 0. The van der Waals surface area contributed by atoms with E-state index in [1.165, 1.54) is 98.7 Å². The highest BCUT2D eigenvalue weighted by molar-refractivity contribution is 6.25. The van der Waals surface area contributed by atoms with Gasteiger partial charge in [0, 0.05) is 5.41 Å². The van der Waals surface area contributed by atoms with E-state index < -0.39 is 0 Å². The second-order valence-electron chi connectivity index (χ2n) is 13.7. The van der Waals surface area contributed by atoms with Crippen LogP contribution in [0.1, 0.15) is 25.0 Å². The molecule has 0 spiro atoms. The van der Waals surface area contributed by atoms with Gasteiger partial charge in [0.2, 0.25) is 0 Å². The van der Waals surface area contributed by atoms with Crippen molar-refractivity contribution < 1.29 is 0 Å². The van der Waals surface area contributed by atoms with Crippen LogP contribution in [-0.2, 0) is 5.41 Å². The molecule has 10 rings (SSSR count). The summed E-state index contributed by atoms with van der Waals surface area (Å²) in [5.74, 6) is 0. The van der Waals surface area contributed by atoms with Gasteiger partial charge in [0.05, 0.1) is 0 Å². The summed E-state index contributed by atoms with van der Waals surface area (Å²) in [5.41, 5.74) is 12.9. The fraction of sp³-hybridized carbons (Fsp3) is 0.0638. The molecule has 0 saturated heterocycles. The molecule has 0 bridgehead atoms. The fourth-order valence-corrected chi connectivity index (χ4v) is 8.51. The van der Waals surface area contributed by atoms with E-state index in [-0.39, 0.29) is 5.41 Å². The molecule has 0 heterocycles. The summed E-state index contributed by atoms with van der Waals surface area (Å²) in [5, 5.41) is 10.6. The molecule has 9 aromatic rings. The van der Waals surface area contributed by atoms with Crippen molar-refractivity contribution in [3.8, 4) is 44.5 Å². The van der Waals surface area contributed by atoms with Crippen LogP contribution in [0.25, 0.3) is 87.6 Å². The molecule has 0 saturated carbocycles. The molecule has 0 amide bonds. The number of benzene rings is 9. The average molecular weight is 597 g/mol. The van der Waals surface area contributed by atoms with Crippen molar-refractivity contribution in [3.63, 3.8) is 0 Å². The summed E-state index contributed by atoms with van der Waals surface area (Å²) in [6.45, 7) is 4.79.